The highest BCUT2D eigenvalue weighted by Gasteiger charge is 2.41. The minimum absolute atomic E-state index is 0.211. The number of halogens is 2. The Labute approximate surface area is 116 Å². The normalized spacial score (nSPS) is 18.4. The van der Waals surface area contributed by atoms with Crippen LogP contribution < -0.4 is 11.1 Å². The molecule has 0 bridgehead atoms. The van der Waals surface area contributed by atoms with Crippen molar-refractivity contribution in [2.24, 2.45) is 17.8 Å². The number of rotatable bonds is 5. The Morgan fingerprint density at radius 2 is 1.85 bits per heavy atom. The zero-order valence-corrected chi connectivity index (χ0v) is 11.2. The van der Waals surface area contributed by atoms with Crippen LogP contribution in [0.1, 0.15) is 36.0 Å². The Hall–Kier alpha value is -1.65. The summed E-state index contributed by atoms with van der Waals surface area (Å²) in [5.41, 5.74) is 4.59. The van der Waals surface area contributed by atoms with Crippen LogP contribution in [0.15, 0.2) is 12.1 Å². The predicted octanol–water partition coefficient (Wildman–Crippen LogP) is 2.71. The summed E-state index contributed by atoms with van der Waals surface area (Å²) >= 11 is 0. The highest BCUT2D eigenvalue weighted by molar-refractivity contribution is 5.95. The number of amides is 1. The fourth-order valence-corrected chi connectivity index (χ4v) is 2.84. The van der Waals surface area contributed by atoms with Gasteiger partial charge in [0, 0.05) is 6.54 Å². The van der Waals surface area contributed by atoms with Crippen LogP contribution in [0.25, 0.3) is 0 Å². The Morgan fingerprint density at radius 1 is 1.25 bits per heavy atom. The molecule has 0 radical (unpaired) electrons. The third kappa shape index (κ3) is 2.62. The smallest absolute Gasteiger partial charge is 0.257 e. The summed E-state index contributed by atoms with van der Waals surface area (Å²) in [5, 5.41) is 2.68. The van der Waals surface area contributed by atoms with E-state index in [1.807, 2.05) is 0 Å². The zero-order chi connectivity index (χ0) is 14.3. The first-order valence-corrected chi connectivity index (χ1v) is 7.09. The number of nitrogens with one attached hydrogen (secondary N) is 1. The summed E-state index contributed by atoms with van der Waals surface area (Å²) in [6.07, 6.45) is 4.83. The van der Waals surface area contributed by atoms with E-state index in [1.54, 1.807) is 0 Å². The van der Waals surface area contributed by atoms with Gasteiger partial charge in [0.05, 0.1) is 5.69 Å². The van der Waals surface area contributed by atoms with Gasteiger partial charge in [-0.2, -0.15) is 0 Å². The molecule has 2 aliphatic carbocycles. The van der Waals surface area contributed by atoms with Crippen LogP contribution in [0.2, 0.25) is 0 Å². The first-order chi connectivity index (χ1) is 9.58. The van der Waals surface area contributed by atoms with Crippen molar-refractivity contribution in [1.82, 2.24) is 5.32 Å². The summed E-state index contributed by atoms with van der Waals surface area (Å²) in [6.45, 7) is 0.502. The maximum absolute atomic E-state index is 13.8. The fourth-order valence-electron chi connectivity index (χ4n) is 2.84. The SMILES string of the molecule is Nc1ccc(F)c(C(=O)NCC(C2CC2)C2CC2)c1F. The third-order valence-corrected chi connectivity index (χ3v) is 4.30. The second-order valence-corrected chi connectivity index (χ2v) is 5.87. The molecule has 0 unspecified atom stereocenters. The van der Waals surface area contributed by atoms with E-state index in [-0.39, 0.29) is 5.69 Å². The Bertz CT molecular complexity index is 527. The van der Waals surface area contributed by atoms with Gasteiger partial charge in [-0.1, -0.05) is 0 Å². The van der Waals surface area contributed by atoms with E-state index < -0.39 is 23.1 Å². The summed E-state index contributed by atoms with van der Waals surface area (Å²) < 4.78 is 27.3. The van der Waals surface area contributed by atoms with Crippen molar-refractivity contribution in [2.75, 3.05) is 12.3 Å². The molecule has 3 rings (SSSR count). The molecular weight excluding hydrogens is 262 g/mol. The van der Waals surface area contributed by atoms with Gasteiger partial charge in [-0.05, 0) is 55.6 Å². The molecule has 3 N–H and O–H groups in total. The Morgan fingerprint density at radius 3 is 2.40 bits per heavy atom. The quantitative estimate of drug-likeness (QED) is 0.815. The molecule has 1 aromatic rings. The molecule has 5 heteroatoms. The van der Waals surface area contributed by atoms with Gasteiger partial charge >= 0.3 is 0 Å². The molecule has 0 saturated heterocycles. The molecule has 1 amide bonds. The number of benzene rings is 1. The van der Waals surface area contributed by atoms with Gasteiger partial charge in [0.2, 0.25) is 0 Å². The van der Waals surface area contributed by atoms with E-state index in [0.29, 0.717) is 24.3 Å². The predicted molar refractivity (Wildman–Crippen MR) is 72.0 cm³/mol. The van der Waals surface area contributed by atoms with Crippen molar-refractivity contribution < 1.29 is 13.6 Å². The molecule has 2 fully saturated rings. The van der Waals surface area contributed by atoms with Gasteiger partial charge < -0.3 is 11.1 Å². The lowest BCUT2D eigenvalue weighted by Gasteiger charge is -2.16. The molecule has 1 aromatic carbocycles. The van der Waals surface area contributed by atoms with Crippen LogP contribution in [-0.2, 0) is 0 Å². The fraction of sp³-hybridized carbons (Fsp3) is 0.533. The van der Waals surface area contributed by atoms with E-state index in [0.717, 1.165) is 12.1 Å². The highest BCUT2D eigenvalue weighted by atomic mass is 19.1. The molecule has 2 saturated carbocycles. The minimum atomic E-state index is -0.975. The van der Waals surface area contributed by atoms with E-state index in [4.69, 9.17) is 5.73 Å². The summed E-state index contributed by atoms with van der Waals surface area (Å²) in [4.78, 5) is 12.0. The zero-order valence-electron chi connectivity index (χ0n) is 11.2. The van der Waals surface area contributed by atoms with Crippen LogP contribution in [0.3, 0.4) is 0 Å². The van der Waals surface area contributed by atoms with Crippen molar-refractivity contribution in [2.45, 2.75) is 25.7 Å². The van der Waals surface area contributed by atoms with Crippen LogP contribution in [-0.4, -0.2) is 12.5 Å². The lowest BCUT2D eigenvalue weighted by molar-refractivity contribution is 0.0935. The molecule has 3 nitrogen and oxygen atoms in total. The average molecular weight is 280 g/mol. The highest BCUT2D eigenvalue weighted by Crippen LogP contribution is 2.48. The maximum Gasteiger partial charge on any atom is 0.257 e. The van der Waals surface area contributed by atoms with Gasteiger partial charge in [0.1, 0.15) is 11.4 Å². The first-order valence-electron chi connectivity index (χ1n) is 7.09. The molecule has 0 heterocycles. The van der Waals surface area contributed by atoms with Crippen molar-refractivity contribution in [3.05, 3.63) is 29.3 Å². The third-order valence-electron chi connectivity index (χ3n) is 4.30. The molecule has 0 aromatic heterocycles. The van der Waals surface area contributed by atoms with E-state index in [9.17, 15) is 13.6 Å². The molecule has 0 spiro atoms. The van der Waals surface area contributed by atoms with E-state index in [1.165, 1.54) is 25.7 Å². The second kappa shape index (κ2) is 5.04. The van der Waals surface area contributed by atoms with Crippen molar-refractivity contribution >= 4 is 11.6 Å². The van der Waals surface area contributed by atoms with E-state index >= 15 is 0 Å². The number of anilines is 1. The van der Waals surface area contributed by atoms with Crippen LogP contribution in [0, 0.1) is 29.4 Å². The van der Waals surface area contributed by atoms with Crippen molar-refractivity contribution in [1.29, 1.82) is 0 Å². The lowest BCUT2D eigenvalue weighted by atomic mass is 9.98. The number of carbonyl (C=O) groups excluding carboxylic acids is 1. The number of hydrogen-bond donors (Lipinski definition) is 2. The molecule has 20 heavy (non-hydrogen) atoms. The number of hydrogen-bond acceptors (Lipinski definition) is 2. The van der Waals surface area contributed by atoms with Gasteiger partial charge in [-0.15, -0.1) is 0 Å². The maximum atomic E-state index is 13.8. The molecule has 108 valence electrons. The summed E-state index contributed by atoms with van der Waals surface area (Å²) in [6, 6.07) is 2.14. The van der Waals surface area contributed by atoms with Crippen LogP contribution in [0.5, 0.6) is 0 Å². The number of carbonyl (C=O) groups is 1. The van der Waals surface area contributed by atoms with Crippen molar-refractivity contribution in [3.8, 4) is 0 Å². The van der Waals surface area contributed by atoms with Gasteiger partial charge in [-0.25, -0.2) is 8.78 Å². The Kier molecular flexibility index (Phi) is 3.36. The molecule has 2 aliphatic rings. The van der Waals surface area contributed by atoms with Gasteiger partial charge in [0.25, 0.3) is 5.91 Å². The van der Waals surface area contributed by atoms with Crippen molar-refractivity contribution in [3.63, 3.8) is 0 Å². The summed E-state index contributed by atoms with van der Waals surface area (Å²) in [7, 11) is 0. The lowest BCUT2D eigenvalue weighted by Crippen LogP contribution is -2.32. The second-order valence-electron chi connectivity index (χ2n) is 5.87. The number of nitrogens with two attached hydrogens (primary N) is 1. The molecule has 0 aliphatic heterocycles. The van der Waals surface area contributed by atoms with Crippen LogP contribution >= 0.6 is 0 Å². The van der Waals surface area contributed by atoms with E-state index in [2.05, 4.69) is 5.32 Å². The Balaban J connectivity index is 1.68. The first kappa shape index (κ1) is 13.3. The largest absolute Gasteiger partial charge is 0.396 e. The molecular formula is C15H18F2N2O. The standard InChI is InChI=1S/C15H18F2N2O/c16-11-5-6-12(18)14(17)13(11)15(20)19-7-10(8-1-2-8)9-3-4-9/h5-6,8-10H,1-4,7,18H2,(H,19,20). The summed E-state index contributed by atoms with van der Waals surface area (Å²) in [5.74, 6) is -0.734. The topological polar surface area (TPSA) is 55.1 Å². The van der Waals surface area contributed by atoms with Gasteiger partial charge in [-0.3, -0.25) is 4.79 Å². The van der Waals surface area contributed by atoms with Crippen LogP contribution in [0.4, 0.5) is 14.5 Å². The van der Waals surface area contributed by atoms with Gasteiger partial charge in [0.15, 0.2) is 5.82 Å². The average Bonchev–Trinajstić information content (AvgIpc) is 3.26. The molecule has 0 atom stereocenters. The minimum Gasteiger partial charge on any atom is -0.396 e. The number of nitrogen functional groups attached to an aromatic ring is 1. The monoisotopic (exact) mass is 280 g/mol.